The molecule has 0 saturated carbocycles. The van der Waals surface area contributed by atoms with Crippen LogP contribution in [0.1, 0.15) is 6.42 Å². The Bertz CT molecular complexity index is 350. The Hall–Kier alpha value is -1.74. The molecule has 0 bridgehead atoms. The first kappa shape index (κ1) is 18.3. The van der Waals surface area contributed by atoms with Crippen LogP contribution in [0.3, 0.4) is 0 Å². The topological polar surface area (TPSA) is 134 Å². The first-order chi connectivity index (χ1) is 9.34. The van der Waals surface area contributed by atoms with Gasteiger partial charge in [0.2, 0.25) is 0 Å². The van der Waals surface area contributed by atoms with Gasteiger partial charge in [-0.15, -0.1) is 0 Å². The molecule has 0 aliphatic heterocycles. The first-order valence-electron chi connectivity index (χ1n) is 5.60. The lowest BCUT2D eigenvalue weighted by atomic mass is 9.83. The van der Waals surface area contributed by atoms with Gasteiger partial charge in [0.1, 0.15) is 5.41 Å². The predicted octanol–water partition coefficient (Wildman–Crippen LogP) is -1.56. The van der Waals surface area contributed by atoms with Gasteiger partial charge in [0.05, 0.1) is 13.2 Å². The largest absolute Gasteiger partial charge is 0.396 e. The summed E-state index contributed by atoms with van der Waals surface area (Å²) >= 11 is 0. The highest BCUT2D eigenvalue weighted by atomic mass is 16.8. The molecular weight excluding hydrogens is 272 g/mol. The summed E-state index contributed by atoms with van der Waals surface area (Å²) in [6.45, 7) is 3.75. The highest BCUT2D eigenvalue weighted by molar-refractivity contribution is 5.83. The van der Waals surface area contributed by atoms with E-state index in [4.69, 9.17) is 5.11 Å². The van der Waals surface area contributed by atoms with Crippen LogP contribution in [-0.4, -0.2) is 58.2 Å². The van der Waals surface area contributed by atoms with Crippen molar-refractivity contribution < 1.29 is 39.5 Å². The highest BCUT2D eigenvalue weighted by Crippen LogP contribution is 2.37. The van der Waals surface area contributed by atoms with Crippen LogP contribution < -0.4 is 0 Å². The molecule has 8 heteroatoms. The van der Waals surface area contributed by atoms with Crippen molar-refractivity contribution in [3.8, 4) is 0 Å². The molecule has 0 spiro atoms. The average molecular weight is 290 g/mol. The lowest BCUT2D eigenvalue weighted by molar-refractivity contribution is -0.386. The summed E-state index contributed by atoms with van der Waals surface area (Å²) in [5.41, 5.74) is -2.01. The zero-order valence-electron chi connectivity index (χ0n) is 10.8. The van der Waals surface area contributed by atoms with Gasteiger partial charge in [0.15, 0.2) is 0 Å². The summed E-state index contributed by atoms with van der Waals surface area (Å²) in [6.07, 6.45) is 0.960. The molecular formula is C12H18O8. The Balaban J connectivity index is 5.65. The molecule has 0 fully saturated rings. The molecule has 0 aromatic heterocycles. The summed E-state index contributed by atoms with van der Waals surface area (Å²) in [5, 5.41) is 37.9. The van der Waals surface area contributed by atoms with E-state index in [0.717, 1.165) is 0 Å². The van der Waals surface area contributed by atoms with Gasteiger partial charge in [-0.2, -0.15) is 0 Å². The Kier molecular flexibility index (Phi) is 7.08. The number of esters is 2. The van der Waals surface area contributed by atoms with Crippen LogP contribution in [0.5, 0.6) is 0 Å². The minimum absolute atomic E-state index is 0.411. The molecule has 0 heterocycles. The quantitative estimate of drug-likeness (QED) is 0.228. The van der Waals surface area contributed by atoms with Crippen LogP contribution in [0.25, 0.3) is 0 Å². The van der Waals surface area contributed by atoms with Crippen molar-refractivity contribution >= 4 is 11.9 Å². The monoisotopic (exact) mass is 290 g/mol. The van der Waals surface area contributed by atoms with E-state index in [1.165, 1.54) is 0 Å². The fraction of sp³-hybridized carbons (Fsp3) is 0.500. The van der Waals surface area contributed by atoms with Gasteiger partial charge in [-0.3, -0.25) is 0 Å². The van der Waals surface area contributed by atoms with Gasteiger partial charge in [-0.25, -0.2) is 9.59 Å². The van der Waals surface area contributed by atoms with Crippen molar-refractivity contribution in [1.82, 2.24) is 0 Å². The molecule has 0 rings (SSSR count). The minimum Gasteiger partial charge on any atom is -0.396 e. The molecule has 0 atom stereocenters. The molecule has 0 unspecified atom stereocenters. The van der Waals surface area contributed by atoms with Gasteiger partial charge < -0.3 is 29.9 Å². The minimum atomic E-state index is -2.99. The maximum absolute atomic E-state index is 11.2. The third kappa shape index (κ3) is 3.87. The number of hydrogen-bond donors (Lipinski definition) is 4. The summed E-state index contributed by atoms with van der Waals surface area (Å²) in [7, 11) is 0. The summed E-state index contributed by atoms with van der Waals surface area (Å²) in [4.78, 5) is 22.5. The molecule has 0 aromatic carbocycles. The fourth-order valence-corrected chi connectivity index (χ4v) is 1.37. The van der Waals surface area contributed by atoms with Gasteiger partial charge >= 0.3 is 17.9 Å². The van der Waals surface area contributed by atoms with Crippen molar-refractivity contribution in [3.63, 3.8) is 0 Å². The Morgan fingerprint density at radius 2 is 1.40 bits per heavy atom. The van der Waals surface area contributed by atoms with E-state index in [1.807, 2.05) is 0 Å². The number of aliphatic hydroxyl groups is 4. The van der Waals surface area contributed by atoms with E-state index in [2.05, 4.69) is 22.6 Å². The average Bonchev–Trinajstić information content (AvgIpc) is 2.44. The smallest absolute Gasteiger partial charge is 0.384 e. The maximum atomic E-state index is 11.2. The van der Waals surface area contributed by atoms with Crippen LogP contribution >= 0.6 is 0 Å². The van der Waals surface area contributed by atoms with Gasteiger partial charge in [0, 0.05) is 18.8 Å². The van der Waals surface area contributed by atoms with E-state index in [0.29, 0.717) is 12.2 Å². The van der Waals surface area contributed by atoms with E-state index in [-0.39, 0.29) is 0 Å². The molecule has 20 heavy (non-hydrogen) atoms. The second-order valence-corrected chi connectivity index (χ2v) is 3.90. The van der Waals surface area contributed by atoms with Crippen LogP contribution in [0, 0.1) is 5.41 Å². The standard InChI is InChI=1S/C12H18O8/c1-3-9(16)19-12(18,20-10(17)4-2)11(7-14,8-15)5-6-13/h3-4,13-15,18H,1-2,5-8H2. The predicted molar refractivity (Wildman–Crippen MR) is 65.8 cm³/mol. The van der Waals surface area contributed by atoms with Crippen molar-refractivity contribution in [2.75, 3.05) is 19.8 Å². The van der Waals surface area contributed by atoms with E-state index in [9.17, 15) is 24.9 Å². The van der Waals surface area contributed by atoms with E-state index < -0.39 is 49.6 Å². The molecule has 114 valence electrons. The SMILES string of the molecule is C=CC(=O)OC(O)(OC(=O)C=C)C(CO)(CO)CCO. The third-order valence-electron chi connectivity index (χ3n) is 2.68. The summed E-state index contributed by atoms with van der Waals surface area (Å²) < 4.78 is 9.07. The molecule has 0 amide bonds. The first-order valence-corrected chi connectivity index (χ1v) is 5.60. The van der Waals surface area contributed by atoms with Crippen LogP contribution in [0.2, 0.25) is 0 Å². The Labute approximate surface area is 115 Å². The van der Waals surface area contributed by atoms with Crippen molar-refractivity contribution in [1.29, 1.82) is 0 Å². The number of rotatable bonds is 9. The second-order valence-electron chi connectivity index (χ2n) is 3.90. The van der Waals surface area contributed by atoms with Crippen LogP contribution in [0.15, 0.2) is 25.3 Å². The number of carbonyl (C=O) groups excluding carboxylic acids is 2. The molecule has 4 N–H and O–H groups in total. The number of aliphatic hydroxyl groups excluding tert-OH is 3. The van der Waals surface area contributed by atoms with E-state index >= 15 is 0 Å². The van der Waals surface area contributed by atoms with Crippen molar-refractivity contribution in [2.45, 2.75) is 12.4 Å². The van der Waals surface area contributed by atoms with Gasteiger partial charge in [-0.1, -0.05) is 13.2 Å². The Morgan fingerprint density at radius 3 is 1.65 bits per heavy atom. The summed E-state index contributed by atoms with van der Waals surface area (Å²) in [6, 6.07) is 0. The molecule has 0 radical (unpaired) electrons. The number of carbonyl (C=O) groups is 2. The molecule has 8 nitrogen and oxygen atoms in total. The second kappa shape index (κ2) is 7.75. The van der Waals surface area contributed by atoms with Crippen molar-refractivity contribution in [3.05, 3.63) is 25.3 Å². The maximum Gasteiger partial charge on any atom is 0.384 e. The molecule has 0 aromatic rings. The van der Waals surface area contributed by atoms with Crippen LogP contribution in [0.4, 0.5) is 0 Å². The lowest BCUT2D eigenvalue weighted by Gasteiger charge is -2.41. The highest BCUT2D eigenvalue weighted by Gasteiger charge is 2.57. The zero-order chi connectivity index (χ0) is 15.8. The summed E-state index contributed by atoms with van der Waals surface area (Å²) in [5.74, 6) is -5.31. The fourth-order valence-electron chi connectivity index (χ4n) is 1.37. The molecule has 0 saturated heterocycles. The number of ether oxygens (including phenoxy) is 2. The van der Waals surface area contributed by atoms with Crippen molar-refractivity contribution in [2.24, 2.45) is 5.41 Å². The van der Waals surface area contributed by atoms with Crippen LogP contribution in [-0.2, 0) is 19.1 Å². The normalized spacial score (nSPS) is 11.6. The lowest BCUT2D eigenvalue weighted by Crippen LogP contribution is -2.58. The molecule has 0 aliphatic carbocycles. The van der Waals surface area contributed by atoms with E-state index in [1.54, 1.807) is 0 Å². The van der Waals surface area contributed by atoms with Gasteiger partial charge in [-0.05, 0) is 6.42 Å². The Morgan fingerprint density at radius 1 is 1.00 bits per heavy atom. The molecule has 0 aliphatic rings. The number of hydrogen-bond acceptors (Lipinski definition) is 8. The zero-order valence-corrected chi connectivity index (χ0v) is 10.8. The third-order valence-corrected chi connectivity index (χ3v) is 2.68. The van der Waals surface area contributed by atoms with Gasteiger partial charge in [0.25, 0.3) is 0 Å².